The van der Waals surface area contributed by atoms with E-state index in [0.29, 0.717) is 18.9 Å². The minimum absolute atomic E-state index is 0.0203. The Bertz CT molecular complexity index is 990. The Balaban J connectivity index is 2.03. The second kappa shape index (κ2) is 6.14. The number of hydrogen-bond donors (Lipinski definition) is 1. The second-order valence-electron chi connectivity index (χ2n) is 5.95. The highest BCUT2D eigenvalue weighted by Crippen LogP contribution is 2.32. The molecule has 0 atom stereocenters. The predicted molar refractivity (Wildman–Crippen MR) is 94.0 cm³/mol. The summed E-state index contributed by atoms with van der Waals surface area (Å²) in [6.45, 7) is 3.09. The Morgan fingerprint density at radius 2 is 2.08 bits per heavy atom. The van der Waals surface area contributed by atoms with Gasteiger partial charge in [-0.1, -0.05) is 24.3 Å². The van der Waals surface area contributed by atoms with Gasteiger partial charge in [-0.2, -0.15) is 5.10 Å². The van der Waals surface area contributed by atoms with Gasteiger partial charge in [0.05, 0.1) is 24.6 Å². The number of pyridine rings is 1. The van der Waals surface area contributed by atoms with Gasteiger partial charge in [0.15, 0.2) is 11.3 Å². The number of ether oxygens (including phenoxy) is 1. The molecule has 0 saturated heterocycles. The number of nitrogens with zero attached hydrogens (tertiary/aromatic N) is 3. The Labute approximate surface area is 144 Å². The molecule has 3 heterocycles. The van der Waals surface area contributed by atoms with Crippen LogP contribution < -0.4 is 0 Å². The van der Waals surface area contributed by atoms with E-state index >= 15 is 0 Å². The number of fused-ring (bicyclic) bond motifs is 1. The lowest BCUT2D eigenvalue weighted by Gasteiger charge is -2.15. The van der Waals surface area contributed by atoms with Crippen LogP contribution in [-0.4, -0.2) is 39.1 Å². The van der Waals surface area contributed by atoms with Crippen molar-refractivity contribution in [1.29, 1.82) is 0 Å². The summed E-state index contributed by atoms with van der Waals surface area (Å²) < 4.78 is 7.10. The van der Waals surface area contributed by atoms with Gasteiger partial charge in [0.2, 0.25) is 0 Å². The number of aryl methyl sites for hydroxylation is 1. The normalized spacial score (nSPS) is 14.5. The highest BCUT2D eigenvalue weighted by atomic mass is 16.5. The molecule has 0 aliphatic carbocycles. The largest absolute Gasteiger partial charge is 0.477 e. The maximum Gasteiger partial charge on any atom is 0.354 e. The van der Waals surface area contributed by atoms with E-state index in [-0.39, 0.29) is 5.69 Å². The Hall–Kier alpha value is -2.99. The SMILES string of the molecule is Cc1nn(-c2ccccc2)c2nc(C(=O)O)cc(C3=CCOCC3)c12. The number of carbonyl (C=O) groups is 1. The van der Waals surface area contributed by atoms with Crippen LogP contribution in [0.25, 0.3) is 22.3 Å². The van der Waals surface area contributed by atoms with Gasteiger partial charge in [-0.3, -0.25) is 0 Å². The van der Waals surface area contributed by atoms with Crippen molar-refractivity contribution < 1.29 is 14.6 Å². The molecule has 126 valence electrons. The smallest absolute Gasteiger partial charge is 0.354 e. The lowest BCUT2D eigenvalue weighted by atomic mass is 9.97. The fraction of sp³-hybridized carbons (Fsp3) is 0.211. The number of aromatic nitrogens is 3. The van der Waals surface area contributed by atoms with E-state index in [0.717, 1.165) is 34.3 Å². The standard InChI is InChI=1S/C19H17N3O3/c1-12-17-15(13-7-9-25-10-8-13)11-16(19(23)24)20-18(17)22(21-12)14-5-3-2-4-6-14/h2-7,11H,8-10H2,1H3,(H,23,24). The van der Waals surface area contributed by atoms with E-state index in [1.165, 1.54) is 0 Å². The van der Waals surface area contributed by atoms with Crippen molar-refractivity contribution in [2.45, 2.75) is 13.3 Å². The first-order valence-corrected chi connectivity index (χ1v) is 8.11. The van der Waals surface area contributed by atoms with Gasteiger partial charge < -0.3 is 9.84 Å². The molecule has 0 unspecified atom stereocenters. The molecule has 2 aromatic heterocycles. The zero-order valence-corrected chi connectivity index (χ0v) is 13.8. The van der Waals surface area contributed by atoms with Crippen molar-refractivity contribution in [3.63, 3.8) is 0 Å². The summed E-state index contributed by atoms with van der Waals surface area (Å²) >= 11 is 0. The molecule has 0 radical (unpaired) electrons. The number of hydrogen-bond acceptors (Lipinski definition) is 4. The molecule has 0 amide bonds. The summed E-state index contributed by atoms with van der Waals surface area (Å²) in [5.41, 5.74) is 4.22. The van der Waals surface area contributed by atoms with Crippen molar-refractivity contribution in [3.8, 4) is 5.69 Å². The quantitative estimate of drug-likeness (QED) is 0.795. The number of carboxylic acids is 1. The Kier molecular flexibility index (Phi) is 3.82. The fourth-order valence-corrected chi connectivity index (χ4v) is 3.17. The van der Waals surface area contributed by atoms with E-state index in [1.54, 1.807) is 10.7 Å². The first-order chi connectivity index (χ1) is 12.1. The summed E-state index contributed by atoms with van der Waals surface area (Å²) in [6, 6.07) is 11.3. The summed E-state index contributed by atoms with van der Waals surface area (Å²) in [6.07, 6.45) is 2.75. The maximum atomic E-state index is 11.6. The molecule has 0 saturated carbocycles. The molecule has 25 heavy (non-hydrogen) atoms. The van der Waals surface area contributed by atoms with Gasteiger partial charge in [0, 0.05) is 5.39 Å². The summed E-state index contributed by atoms with van der Waals surface area (Å²) in [7, 11) is 0. The third kappa shape index (κ3) is 2.70. The molecule has 1 N–H and O–H groups in total. The van der Waals surface area contributed by atoms with E-state index in [4.69, 9.17) is 4.74 Å². The number of carboxylic acid groups (broad SMARTS) is 1. The van der Waals surface area contributed by atoms with Crippen LogP contribution in [0.2, 0.25) is 0 Å². The van der Waals surface area contributed by atoms with Crippen molar-refractivity contribution in [1.82, 2.24) is 14.8 Å². The summed E-state index contributed by atoms with van der Waals surface area (Å²) in [5.74, 6) is -1.05. The molecular formula is C19H17N3O3. The highest BCUT2D eigenvalue weighted by molar-refractivity contribution is 5.97. The van der Waals surface area contributed by atoms with Gasteiger partial charge >= 0.3 is 5.97 Å². The number of para-hydroxylation sites is 1. The van der Waals surface area contributed by atoms with Crippen LogP contribution in [0.15, 0.2) is 42.5 Å². The first-order valence-electron chi connectivity index (χ1n) is 8.11. The number of rotatable bonds is 3. The summed E-state index contributed by atoms with van der Waals surface area (Å²) in [4.78, 5) is 16.0. The lowest BCUT2D eigenvalue weighted by Crippen LogP contribution is -2.08. The zero-order valence-electron chi connectivity index (χ0n) is 13.8. The van der Waals surface area contributed by atoms with Crippen molar-refractivity contribution >= 4 is 22.6 Å². The van der Waals surface area contributed by atoms with E-state index in [9.17, 15) is 9.90 Å². The number of aromatic carboxylic acids is 1. The maximum absolute atomic E-state index is 11.6. The van der Waals surface area contributed by atoms with Crippen LogP contribution >= 0.6 is 0 Å². The fourth-order valence-electron chi connectivity index (χ4n) is 3.17. The Morgan fingerprint density at radius 3 is 2.76 bits per heavy atom. The molecule has 1 aromatic carbocycles. The van der Waals surface area contributed by atoms with Gasteiger partial charge in [0.1, 0.15) is 0 Å². The molecule has 6 heteroatoms. The molecule has 0 fully saturated rings. The molecule has 0 bridgehead atoms. The van der Waals surface area contributed by atoms with E-state index in [2.05, 4.69) is 10.1 Å². The zero-order chi connectivity index (χ0) is 17.4. The average molecular weight is 335 g/mol. The minimum atomic E-state index is -1.05. The topological polar surface area (TPSA) is 77.2 Å². The molecular weight excluding hydrogens is 318 g/mol. The van der Waals surface area contributed by atoms with E-state index in [1.807, 2.05) is 43.3 Å². The van der Waals surface area contributed by atoms with Crippen LogP contribution in [0.1, 0.15) is 28.2 Å². The van der Waals surface area contributed by atoms with Crippen LogP contribution in [0, 0.1) is 6.92 Å². The molecule has 3 aromatic rings. The molecule has 6 nitrogen and oxygen atoms in total. The monoisotopic (exact) mass is 335 g/mol. The van der Waals surface area contributed by atoms with Gasteiger partial charge in [-0.15, -0.1) is 0 Å². The van der Waals surface area contributed by atoms with Crippen LogP contribution in [0.3, 0.4) is 0 Å². The first kappa shape index (κ1) is 15.5. The van der Waals surface area contributed by atoms with E-state index < -0.39 is 5.97 Å². The second-order valence-corrected chi connectivity index (χ2v) is 5.95. The molecule has 0 spiro atoms. The van der Waals surface area contributed by atoms with Crippen molar-refractivity contribution in [2.24, 2.45) is 0 Å². The average Bonchev–Trinajstić information content (AvgIpc) is 2.99. The highest BCUT2D eigenvalue weighted by Gasteiger charge is 2.21. The lowest BCUT2D eigenvalue weighted by molar-refractivity contribution is 0.0691. The van der Waals surface area contributed by atoms with Crippen molar-refractivity contribution in [3.05, 3.63) is 59.4 Å². The minimum Gasteiger partial charge on any atom is -0.477 e. The number of benzene rings is 1. The summed E-state index contributed by atoms with van der Waals surface area (Å²) in [5, 5.41) is 15.0. The van der Waals surface area contributed by atoms with Gasteiger partial charge in [-0.25, -0.2) is 14.5 Å². The third-order valence-corrected chi connectivity index (χ3v) is 4.34. The molecule has 1 aliphatic rings. The third-order valence-electron chi connectivity index (χ3n) is 4.34. The van der Waals surface area contributed by atoms with Crippen molar-refractivity contribution in [2.75, 3.05) is 13.2 Å². The molecule has 4 rings (SSSR count). The van der Waals surface area contributed by atoms with Crippen LogP contribution in [-0.2, 0) is 4.74 Å². The van der Waals surface area contributed by atoms with Gasteiger partial charge in [-0.05, 0) is 42.7 Å². The van der Waals surface area contributed by atoms with Gasteiger partial charge in [0.25, 0.3) is 0 Å². The molecule has 1 aliphatic heterocycles. The van der Waals surface area contributed by atoms with Crippen LogP contribution in [0.4, 0.5) is 0 Å². The Morgan fingerprint density at radius 1 is 1.28 bits per heavy atom. The van der Waals surface area contributed by atoms with Crippen LogP contribution in [0.5, 0.6) is 0 Å². The predicted octanol–water partition coefficient (Wildman–Crippen LogP) is 3.23.